The zero-order chi connectivity index (χ0) is 14.0. The van der Waals surface area contributed by atoms with Crippen LogP contribution >= 0.6 is 11.6 Å². The average molecular weight is 280 g/mol. The first kappa shape index (κ1) is 13.8. The highest BCUT2D eigenvalue weighted by Gasteiger charge is 2.11. The highest BCUT2D eigenvalue weighted by atomic mass is 35.5. The van der Waals surface area contributed by atoms with Gasteiger partial charge in [-0.3, -0.25) is 0 Å². The lowest BCUT2D eigenvalue weighted by atomic mass is 10.1. The van der Waals surface area contributed by atoms with Crippen LogP contribution in [0, 0.1) is 12.7 Å². The van der Waals surface area contributed by atoms with Crippen LogP contribution in [0.3, 0.4) is 0 Å². The largest absolute Gasteiger partial charge is 0.457 e. The Bertz CT molecular complexity index is 599. The Hall–Kier alpha value is -1.58. The van der Waals surface area contributed by atoms with E-state index in [-0.39, 0.29) is 11.9 Å². The summed E-state index contributed by atoms with van der Waals surface area (Å²) >= 11 is 5.96. The molecule has 0 saturated carbocycles. The second kappa shape index (κ2) is 5.59. The van der Waals surface area contributed by atoms with Gasteiger partial charge in [0.1, 0.15) is 17.3 Å². The normalized spacial score (nSPS) is 12.3. The maximum absolute atomic E-state index is 13.2. The van der Waals surface area contributed by atoms with Crippen molar-refractivity contribution in [3.63, 3.8) is 0 Å². The third-order valence-electron chi connectivity index (χ3n) is 2.82. The van der Waals surface area contributed by atoms with Gasteiger partial charge in [0.15, 0.2) is 0 Å². The van der Waals surface area contributed by atoms with Crippen LogP contribution in [0.1, 0.15) is 24.1 Å². The van der Waals surface area contributed by atoms with Crippen LogP contribution in [0.25, 0.3) is 0 Å². The summed E-state index contributed by atoms with van der Waals surface area (Å²) in [7, 11) is 0. The van der Waals surface area contributed by atoms with E-state index in [4.69, 9.17) is 22.1 Å². The average Bonchev–Trinajstić information content (AvgIpc) is 2.36. The first-order valence-corrected chi connectivity index (χ1v) is 6.34. The van der Waals surface area contributed by atoms with Gasteiger partial charge in [0, 0.05) is 16.6 Å². The molecular formula is C15H15ClFNO. The highest BCUT2D eigenvalue weighted by molar-refractivity contribution is 6.31. The molecule has 0 spiro atoms. The zero-order valence-corrected chi connectivity index (χ0v) is 11.5. The summed E-state index contributed by atoms with van der Waals surface area (Å²) in [5.74, 6) is 0.875. The molecular weight excluding hydrogens is 265 g/mol. The number of hydrogen-bond acceptors (Lipinski definition) is 2. The summed E-state index contributed by atoms with van der Waals surface area (Å²) < 4.78 is 19.0. The molecule has 100 valence electrons. The van der Waals surface area contributed by atoms with Crippen molar-refractivity contribution in [3.05, 3.63) is 58.4 Å². The van der Waals surface area contributed by atoms with Crippen molar-refractivity contribution in [3.8, 4) is 11.5 Å². The standard InChI is InChI=1S/C15H15ClFNO/c1-9-7-12(4-5-14(9)16)19-15-6-3-11(17)8-13(15)10(2)18/h3-8,10H,18H2,1-2H3/t10-/m0/s1. The van der Waals surface area contributed by atoms with Crippen LogP contribution in [-0.4, -0.2) is 0 Å². The lowest BCUT2D eigenvalue weighted by molar-refractivity contribution is 0.469. The molecule has 2 aromatic carbocycles. The fourth-order valence-corrected chi connectivity index (χ4v) is 1.89. The smallest absolute Gasteiger partial charge is 0.132 e. The number of aryl methyl sites for hydroxylation is 1. The van der Waals surface area contributed by atoms with E-state index < -0.39 is 0 Å². The molecule has 1 atom stereocenters. The quantitative estimate of drug-likeness (QED) is 0.891. The van der Waals surface area contributed by atoms with Gasteiger partial charge >= 0.3 is 0 Å². The number of hydrogen-bond donors (Lipinski definition) is 1. The van der Waals surface area contributed by atoms with E-state index in [0.29, 0.717) is 22.1 Å². The molecule has 0 heterocycles. The molecule has 0 bridgehead atoms. The first-order chi connectivity index (χ1) is 8.97. The van der Waals surface area contributed by atoms with Gasteiger partial charge in [-0.05, 0) is 55.8 Å². The van der Waals surface area contributed by atoms with Crippen molar-refractivity contribution in [2.45, 2.75) is 19.9 Å². The Labute approximate surface area is 117 Å². The van der Waals surface area contributed by atoms with E-state index in [1.54, 1.807) is 25.1 Å². The summed E-state index contributed by atoms with van der Waals surface area (Å²) in [4.78, 5) is 0. The van der Waals surface area contributed by atoms with E-state index in [1.807, 2.05) is 13.0 Å². The Morgan fingerprint density at radius 2 is 1.95 bits per heavy atom. The van der Waals surface area contributed by atoms with Crippen molar-refractivity contribution >= 4 is 11.6 Å². The number of rotatable bonds is 3. The molecule has 0 aliphatic heterocycles. The van der Waals surface area contributed by atoms with Crippen LogP contribution in [0.4, 0.5) is 4.39 Å². The van der Waals surface area contributed by atoms with Crippen molar-refractivity contribution < 1.29 is 9.13 Å². The second-order valence-corrected chi connectivity index (χ2v) is 4.89. The highest BCUT2D eigenvalue weighted by Crippen LogP contribution is 2.31. The predicted octanol–water partition coefficient (Wildman–Crippen LogP) is 4.60. The molecule has 2 aromatic rings. The molecule has 0 fully saturated rings. The van der Waals surface area contributed by atoms with Gasteiger partial charge in [-0.2, -0.15) is 0 Å². The van der Waals surface area contributed by atoms with Crippen molar-refractivity contribution in [2.75, 3.05) is 0 Å². The van der Waals surface area contributed by atoms with Crippen molar-refractivity contribution in [1.82, 2.24) is 0 Å². The molecule has 2 nitrogen and oxygen atoms in total. The lowest BCUT2D eigenvalue weighted by Gasteiger charge is -2.14. The molecule has 0 amide bonds. The zero-order valence-electron chi connectivity index (χ0n) is 10.8. The fraction of sp³-hybridized carbons (Fsp3) is 0.200. The van der Waals surface area contributed by atoms with Gasteiger partial charge in [-0.25, -0.2) is 4.39 Å². The Morgan fingerprint density at radius 3 is 2.58 bits per heavy atom. The SMILES string of the molecule is Cc1cc(Oc2ccc(F)cc2[C@H](C)N)ccc1Cl. The number of nitrogens with two attached hydrogens (primary N) is 1. The number of ether oxygens (including phenoxy) is 1. The van der Waals surface area contributed by atoms with E-state index in [9.17, 15) is 4.39 Å². The van der Waals surface area contributed by atoms with Crippen molar-refractivity contribution in [1.29, 1.82) is 0 Å². The maximum atomic E-state index is 13.2. The van der Waals surface area contributed by atoms with E-state index in [1.165, 1.54) is 12.1 Å². The van der Waals surface area contributed by atoms with Crippen molar-refractivity contribution in [2.24, 2.45) is 5.73 Å². The summed E-state index contributed by atoms with van der Waals surface area (Å²) in [5.41, 5.74) is 7.38. The Kier molecular flexibility index (Phi) is 4.08. The summed E-state index contributed by atoms with van der Waals surface area (Å²) in [5, 5.41) is 0.680. The molecule has 0 aliphatic carbocycles. The minimum absolute atomic E-state index is 0.306. The van der Waals surface area contributed by atoms with Crippen LogP contribution in [-0.2, 0) is 0 Å². The molecule has 19 heavy (non-hydrogen) atoms. The van der Waals surface area contributed by atoms with Crippen LogP contribution in [0.5, 0.6) is 11.5 Å². The molecule has 0 saturated heterocycles. The second-order valence-electron chi connectivity index (χ2n) is 4.48. The molecule has 2 N–H and O–H groups in total. The van der Waals surface area contributed by atoms with E-state index in [0.717, 1.165) is 5.56 Å². The summed E-state index contributed by atoms with van der Waals surface area (Å²) in [6.07, 6.45) is 0. The third-order valence-corrected chi connectivity index (χ3v) is 3.24. The molecule has 0 unspecified atom stereocenters. The first-order valence-electron chi connectivity index (χ1n) is 5.96. The van der Waals surface area contributed by atoms with Gasteiger partial charge in [0.25, 0.3) is 0 Å². The number of halogens is 2. The minimum atomic E-state index is -0.327. The Morgan fingerprint density at radius 1 is 1.21 bits per heavy atom. The fourth-order valence-electron chi connectivity index (χ4n) is 1.78. The van der Waals surface area contributed by atoms with Crippen LogP contribution in [0.2, 0.25) is 5.02 Å². The molecule has 0 aromatic heterocycles. The Balaban J connectivity index is 2.35. The van der Waals surface area contributed by atoms with E-state index in [2.05, 4.69) is 0 Å². The third kappa shape index (κ3) is 3.25. The van der Waals surface area contributed by atoms with Gasteiger partial charge < -0.3 is 10.5 Å². The van der Waals surface area contributed by atoms with Crippen LogP contribution in [0.15, 0.2) is 36.4 Å². The summed E-state index contributed by atoms with van der Waals surface area (Å²) in [6.45, 7) is 3.68. The minimum Gasteiger partial charge on any atom is -0.457 e. The molecule has 2 rings (SSSR count). The van der Waals surface area contributed by atoms with Gasteiger partial charge in [-0.1, -0.05) is 11.6 Å². The van der Waals surface area contributed by atoms with Crippen LogP contribution < -0.4 is 10.5 Å². The van der Waals surface area contributed by atoms with Gasteiger partial charge in [-0.15, -0.1) is 0 Å². The maximum Gasteiger partial charge on any atom is 0.132 e. The van der Waals surface area contributed by atoms with Gasteiger partial charge in [0.05, 0.1) is 0 Å². The predicted molar refractivity (Wildman–Crippen MR) is 75.3 cm³/mol. The topological polar surface area (TPSA) is 35.2 Å². The number of benzene rings is 2. The lowest BCUT2D eigenvalue weighted by Crippen LogP contribution is -2.07. The molecule has 0 radical (unpaired) electrons. The summed E-state index contributed by atoms with van der Waals surface area (Å²) in [6, 6.07) is 9.38. The monoisotopic (exact) mass is 279 g/mol. The van der Waals surface area contributed by atoms with E-state index >= 15 is 0 Å². The molecule has 0 aliphatic rings. The molecule has 4 heteroatoms. The van der Waals surface area contributed by atoms with Gasteiger partial charge in [0.2, 0.25) is 0 Å².